The van der Waals surface area contributed by atoms with E-state index in [1.807, 2.05) is 0 Å². The molecule has 154 valence electrons. The SMILES string of the molecule is C=c1cc(O)/c(=C2/C(=O)C(c3c(O)cc(O)c(C(C)=O)c3O)=C2O)c(O)c1C(C)=O. The molecule has 0 aromatic heterocycles. The van der Waals surface area contributed by atoms with E-state index in [9.17, 15) is 45.0 Å². The molecule has 6 N–H and O–H groups in total. The van der Waals surface area contributed by atoms with Gasteiger partial charge in [-0.2, -0.15) is 0 Å². The zero-order valence-electron chi connectivity index (χ0n) is 15.8. The fourth-order valence-electron chi connectivity index (χ4n) is 3.45. The highest BCUT2D eigenvalue weighted by Gasteiger charge is 2.41. The second-order valence-electron chi connectivity index (χ2n) is 6.71. The summed E-state index contributed by atoms with van der Waals surface area (Å²) in [6.45, 7) is 5.70. The van der Waals surface area contributed by atoms with Crippen LogP contribution in [0, 0.1) is 0 Å². The highest BCUT2D eigenvalue weighted by Crippen LogP contribution is 2.48. The number of hydrogen-bond acceptors (Lipinski definition) is 9. The highest BCUT2D eigenvalue weighted by molar-refractivity contribution is 6.52. The molecule has 0 saturated carbocycles. The van der Waals surface area contributed by atoms with Gasteiger partial charge in [0.15, 0.2) is 11.6 Å². The zero-order chi connectivity index (χ0) is 22.7. The summed E-state index contributed by atoms with van der Waals surface area (Å²) in [6.07, 6.45) is 0. The number of Topliss-reactive ketones (excluding diaryl/α,β-unsaturated/α-hetero) is 3. The Bertz CT molecular complexity index is 1330. The summed E-state index contributed by atoms with van der Waals surface area (Å²) in [4.78, 5) is 36.2. The Balaban J connectivity index is 2.42. The number of benzene rings is 2. The Morgan fingerprint density at radius 1 is 0.767 bits per heavy atom. The van der Waals surface area contributed by atoms with Crippen LogP contribution < -0.4 is 10.4 Å². The number of phenols is 5. The molecule has 9 nitrogen and oxygen atoms in total. The second kappa shape index (κ2) is 6.66. The standard InChI is InChI=1S/C21H16O9/c1-6-4-9(24)14(18(27)12(6)7(2)22)16-20(29)17(21(16)30)15-11(26)5-10(25)13(8(3)23)19(15)28/h4-5,24-29H,1H2,2-3H3/b16-14-. The molecule has 1 aliphatic carbocycles. The molecule has 30 heavy (non-hydrogen) atoms. The van der Waals surface area contributed by atoms with Crippen LogP contribution in [-0.2, 0) is 4.79 Å². The van der Waals surface area contributed by atoms with Gasteiger partial charge in [0.25, 0.3) is 0 Å². The first-order valence-corrected chi connectivity index (χ1v) is 8.46. The fraction of sp³-hybridized carbons (Fsp3) is 0.0952. The number of rotatable bonds is 3. The molecule has 0 amide bonds. The maximum absolute atomic E-state index is 12.8. The lowest BCUT2D eigenvalue weighted by molar-refractivity contribution is -0.110. The van der Waals surface area contributed by atoms with Crippen LogP contribution in [0.25, 0.3) is 17.7 Å². The molecule has 9 heteroatoms. The van der Waals surface area contributed by atoms with Crippen LogP contribution in [0.4, 0.5) is 0 Å². The van der Waals surface area contributed by atoms with Crippen molar-refractivity contribution >= 4 is 35.1 Å². The molecule has 0 atom stereocenters. The normalized spacial score (nSPS) is 15.2. The molecule has 0 saturated heterocycles. The third-order valence-electron chi connectivity index (χ3n) is 4.75. The van der Waals surface area contributed by atoms with Gasteiger partial charge in [0.05, 0.1) is 27.5 Å². The van der Waals surface area contributed by atoms with Gasteiger partial charge in [-0.1, -0.05) is 6.58 Å². The highest BCUT2D eigenvalue weighted by atomic mass is 16.3. The van der Waals surface area contributed by atoms with E-state index >= 15 is 0 Å². The van der Waals surface area contributed by atoms with Crippen LogP contribution in [0.1, 0.15) is 40.1 Å². The van der Waals surface area contributed by atoms with Crippen LogP contribution >= 0.6 is 0 Å². The maximum atomic E-state index is 12.8. The molecular weight excluding hydrogens is 396 g/mol. The lowest BCUT2D eigenvalue weighted by atomic mass is 9.80. The Morgan fingerprint density at radius 3 is 1.83 bits per heavy atom. The molecule has 0 aliphatic heterocycles. The second-order valence-corrected chi connectivity index (χ2v) is 6.71. The quantitative estimate of drug-likeness (QED) is 0.397. The summed E-state index contributed by atoms with van der Waals surface area (Å²) in [7, 11) is 0. The number of carbonyl (C=O) groups is 3. The number of carbonyl (C=O) groups excluding carboxylic acids is 3. The molecular formula is C21H16O9. The van der Waals surface area contributed by atoms with Crippen molar-refractivity contribution in [2.75, 3.05) is 0 Å². The Morgan fingerprint density at radius 2 is 1.33 bits per heavy atom. The van der Waals surface area contributed by atoms with Gasteiger partial charge in [0, 0.05) is 6.07 Å². The van der Waals surface area contributed by atoms with Gasteiger partial charge in [0.2, 0.25) is 5.78 Å². The third kappa shape index (κ3) is 2.67. The van der Waals surface area contributed by atoms with Gasteiger partial charge in [-0.3, -0.25) is 14.4 Å². The van der Waals surface area contributed by atoms with Gasteiger partial charge < -0.3 is 30.6 Å². The van der Waals surface area contributed by atoms with Crippen LogP contribution in [-0.4, -0.2) is 48.0 Å². The predicted octanol–water partition coefficient (Wildman–Crippen LogP) is 0.733. The van der Waals surface area contributed by atoms with Crippen molar-refractivity contribution in [3.05, 3.63) is 45.0 Å². The Kier molecular flexibility index (Phi) is 4.54. The average Bonchev–Trinajstić information content (AvgIpc) is 2.60. The Hall–Kier alpha value is -4.27. The molecule has 0 unspecified atom stereocenters. The lowest BCUT2D eigenvalue weighted by Crippen LogP contribution is -2.29. The largest absolute Gasteiger partial charge is 0.507 e. The van der Waals surface area contributed by atoms with E-state index in [2.05, 4.69) is 6.58 Å². The molecule has 0 heterocycles. The van der Waals surface area contributed by atoms with Crippen LogP contribution in [0.2, 0.25) is 0 Å². The zero-order valence-corrected chi connectivity index (χ0v) is 15.8. The average molecular weight is 412 g/mol. The minimum atomic E-state index is -1.00. The predicted molar refractivity (Wildman–Crippen MR) is 104 cm³/mol. The lowest BCUT2D eigenvalue weighted by Gasteiger charge is -2.24. The first-order chi connectivity index (χ1) is 13.9. The number of aliphatic hydroxyl groups is 1. The molecule has 0 bridgehead atoms. The van der Waals surface area contributed by atoms with Gasteiger partial charge in [-0.25, -0.2) is 0 Å². The van der Waals surface area contributed by atoms with E-state index in [1.54, 1.807) is 0 Å². The molecule has 0 fully saturated rings. The fourth-order valence-corrected chi connectivity index (χ4v) is 3.45. The molecule has 0 spiro atoms. The Labute approximate surface area is 168 Å². The first kappa shape index (κ1) is 20.5. The number of allylic oxidation sites excluding steroid dienone is 2. The summed E-state index contributed by atoms with van der Waals surface area (Å²) in [5, 5.41) is 60.7. The van der Waals surface area contributed by atoms with Crippen LogP contribution in [0.3, 0.4) is 0 Å². The van der Waals surface area contributed by atoms with E-state index in [0.29, 0.717) is 0 Å². The van der Waals surface area contributed by atoms with Crippen molar-refractivity contribution in [2.45, 2.75) is 13.8 Å². The van der Waals surface area contributed by atoms with E-state index in [1.165, 1.54) is 0 Å². The number of hydrogen-bond donors (Lipinski definition) is 6. The van der Waals surface area contributed by atoms with E-state index < -0.39 is 79.3 Å². The van der Waals surface area contributed by atoms with E-state index in [4.69, 9.17) is 0 Å². The molecule has 2 aromatic carbocycles. The van der Waals surface area contributed by atoms with Gasteiger partial charge in [0.1, 0.15) is 40.1 Å². The van der Waals surface area contributed by atoms with Crippen molar-refractivity contribution in [2.24, 2.45) is 0 Å². The summed E-state index contributed by atoms with van der Waals surface area (Å²) < 4.78 is 0. The minimum Gasteiger partial charge on any atom is -0.507 e. The maximum Gasteiger partial charge on any atom is 0.202 e. The van der Waals surface area contributed by atoms with E-state index in [0.717, 1.165) is 26.0 Å². The smallest absolute Gasteiger partial charge is 0.202 e. The summed E-state index contributed by atoms with van der Waals surface area (Å²) in [5.41, 5.74) is -2.62. The topological polar surface area (TPSA) is 173 Å². The van der Waals surface area contributed by atoms with Crippen molar-refractivity contribution in [3.8, 4) is 28.7 Å². The number of ketones is 3. The van der Waals surface area contributed by atoms with Crippen molar-refractivity contribution in [1.82, 2.24) is 0 Å². The van der Waals surface area contributed by atoms with Gasteiger partial charge >= 0.3 is 0 Å². The van der Waals surface area contributed by atoms with Crippen LogP contribution in [0.15, 0.2) is 17.9 Å². The van der Waals surface area contributed by atoms with Gasteiger partial charge in [-0.05, 0) is 25.1 Å². The number of aromatic hydroxyl groups is 5. The summed E-state index contributed by atoms with van der Waals surface area (Å²) in [5.74, 6) is -7.06. The monoisotopic (exact) mass is 412 g/mol. The van der Waals surface area contributed by atoms with Crippen LogP contribution in [0.5, 0.6) is 28.7 Å². The first-order valence-electron chi connectivity index (χ1n) is 8.46. The van der Waals surface area contributed by atoms with Crippen molar-refractivity contribution in [1.29, 1.82) is 0 Å². The van der Waals surface area contributed by atoms with Crippen molar-refractivity contribution in [3.63, 3.8) is 0 Å². The molecule has 1 aliphatic rings. The molecule has 3 rings (SSSR count). The van der Waals surface area contributed by atoms with E-state index in [-0.39, 0.29) is 10.8 Å². The van der Waals surface area contributed by atoms with Gasteiger partial charge in [-0.15, -0.1) is 0 Å². The van der Waals surface area contributed by atoms with Crippen molar-refractivity contribution < 1.29 is 45.0 Å². The molecule has 0 radical (unpaired) electrons. The number of phenolic OH excluding ortho intramolecular Hbond substituents is 5. The number of aliphatic hydroxyl groups excluding tert-OH is 1. The minimum absolute atomic E-state index is 0.00256. The summed E-state index contributed by atoms with van der Waals surface area (Å²) >= 11 is 0. The summed E-state index contributed by atoms with van der Waals surface area (Å²) in [6, 6.07) is 1.75. The third-order valence-corrected chi connectivity index (χ3v) is 4.75. The molecule has 2 aromatic rings.